The smallest absolute Gasteiger partial charge is 0.308 e. The number of rotatable bonds is 16. The van der Waals surface area contributed by atoms with Crippen LogP contribution in [0.1, 0.15) is 80.8 Å². The maximum Gasteiger partial charge on any atom is 0.308 e. The van der Waals surface area contributed by atoms with E-state index in [4.69, 9.17) is 4.74 Å². The molecule has 1 aliphatic rings. The molecule has 0 bridgehead atoms. The number of hydrogen-bond donors (Lipinski definition) is 2. The van der Waals surface area contributed by atoms with Gasteiger partial charge in [-0.15, -0.1) is 0 Å². The molecule has 0 unspecified atom stereocenters. The van der Waals surface area contributed by atoms with Crippen molar-refractivity contribution >= 4 is 17.8 Å². The molecule has 2 N–H and O–H groups in total. The summed E-state index contributed by atoms with van der Waals surface area (Å²) in [6, 6.07) is 23.6. The molecule has 52 heavy (non-hydrogen) atoms. The van der Waals surface area contributed by atoms with Crippen LogP contribution in [0.4, 0.5) is 0 Å². The van der Waals surface area contributed by atoms with Gasteiger partial charge in [-0.25, -0.2) is 9.97 Å². The van der Waals surface area contributed by atoms with Gasteiger partial charge in [0.2, 0.25) is 5.91 Å². The van der Waals surface area contributed by atoms with Gasteiger partial charge in [-0.2, -0.15) is 5.26 Å². The Balaban J connectivity index is 1.24. The number of nitrogens with zero attached hydrogens (tertiary/aromatic N) is 4. The molecule has 270 valence electrons. The van der Waals surface area contributed by atoms with Gasteiger partial charge in [0.05, 0.1) is 24.0 Å². The third-order valence-corrected chi connectivity index (χ3v) is 9.61. The minimum Gasteiger partial charge on any atom is -0.494 e. The predicted molar refractivity (Wildman–Crippen MR) is 200 cm³/mol. The van der Waals surface area contributed by atoms with Crippen LogP contribution in [0.2, 0.25) is 0 Å². The number of aliphatic carboxylic acids is 1. The largest absolute Gasteiger partial charge is 0.494 e. The van der Waals surface area contributed by atoms with Gasteiger partial charge in [0.15, 0.2) is 5.82 Å². The van der Waals surface area contributed by atoms with E-state index in [0.29, 0.717) is 24.4 Å². The number of nitrogens with one attached hydrogen (secondary N) is 1. The monoisotopic (exact) mass is 701 g/mol. The van der Waals surface area contributed by atoms with Gasteiger partial charge >= 0.3 is 5.97 Å². The van der Waals surface area contributed by atoms with Gasteiger partial charge in [-0.3, -0.25) is 14.4 Å². The van der Waals surface area contributed by atoms with Crippen molar-refractivity contribution in [2.24, 2.45) is 5.92 Å². The van der Waals surface area contributed by atoms with Crippen LogP contribution < -0.4 is 10.1 Å². The lowest BCUT2D eigenvalue weighted by Crippen LogP contribution is -2.49. The summed E-state index contributed by atoms with van der Waals surface area (Å²) in [5.41, 5.74) is 3.91. The number of hydrogen-bond acceptors (Lipinski definition) is 7. The van der Waals surface area contributed by atoms with Crippen LogP contribution in [-0.4, -0.2) is 63.5 Å². The van der Waals surface area contributed by atoms with Crippen molar-refractivity contribution in [1.82, 2.24) is 20.2 Å². The summed E-state index contributed by atoms with van der Waals surface area (Å²) in [5.74, 6) is -0.930. The van der Waals surface area contributed by atoms with Crippen LogP contribution in [0.3, 0.4) is 0 Å². The SMILES string of the molecule is CCCCCCCOc1ccc(-c2cnc(-c3ccc(C[C@H](NC(=O)c4ccc(C(C)(C)C#N)cc4)C(=O)N4CC[C@H](C(=O)O)C4)cc3)nc2)cc1. The van der Waals surface area contributed by atoms with Gasteiger partial charge in [0, 0.05) is 48.6 Å². The molecule has 10 heteroatoms. The Labute approximate surface area is 305 Å². The Morgan fingerprint density at radius 3 is 2.19 bits per heavy atom. The van der Waals surface area contributed by atoms with Crippen LogP contribution in [0.5, 0.6) is 5.75 Å². The summed E-state index contributed by atoms with van der Waals surface area (Å²) in [5, 5.41) is 21.8. The second kappa shape index (κ2) is 17.6. The second-order valence-electron chi connectivity index (χ2n) is 13.9. The average molecular weight is 702 g/mol. The van der Waals surface area contributed by atoms with Crippen molar-refractivity contribution in [3.05, 3.63) is 102 Å². The molecule has 2 atom stereocenters. The highest BCUT2D eigenvalue weighted by Gasteiger charge is 2.35. The third-order valence-electron chi connectivity index (χ3n) is 9.61. The van der Waals surface area contributed by atoms with E-state index in [1.807, 2.05) is 48.5 Å². The number of carbonyl (C=O) groups excluding carboxylic acids is 2. The molecule has 10 nitrogen and oxygen atoms in total. The molecule has 4 aromatic rings. The van der Waals surface area contributed by atoms with E-state index in [1.165, 1.54) is 30.6 Å². The number of amides is 2. The molecule has 5 rings (SSSR count). The molecule has 2 amide bonds. The summed E-state index contributed by atoms with van der Waals surface area (Å²) in [6.07, 6.45) is 10.1. The van der Waals surface area contributed by atoms with E-state index in [-0.39, 0.29) is 18.9 Å². The van der Waals surface area contributed by atoms with Crippen LogP contribution in [0.25, 0.3) is 22.5 Å². The van der Waals surface area contributed by atoms with Gasteiger partial charge in [-0.05, 0) is 67.6 Å². The zero-order valence-corrected chi connectivity index (χ0v) is 30.2. The molecule has 0 radical (unpaired) electrons. The normalized spacial score (nSPS) is 14.7. The van der Waals surface area contributed by atoms with Crippen LogP contribution >= 0.6 is 0 Å². The molecular formula is C42H47N5O5. The van der Waals surface area contributed by atoms with Gasteiger partial charge in [0.1, 0.15) is 11.8 Å². The Morgan fingerprint density at radius 2 is 1.58 bits per heavy atom. The summed E-state index contributed by atoms with van der Waals surface area (Å²) < 4.78 is 5.89. The highest BCUT2D eigenvalue weighted by atomic mass is 16.5. The highest BCUT2D eigenvalue weighted by Crippen LogP contribution is 2.25. The zero-order chi connectivity index (χ0) is 37.1. The van der Waals surface area contributed by atoms with E-state index in [1.54, 1.807) is 50.5 Å². The van der Waals surface area contributed by atoms with Crippen molar-refractivity contribution < 1.29 is 24.2 Å². The quantitative estimate of drug-likeness (QED) is 0.116. The molecule has 1 saturated heterocycles. The number of ether oxygens (including phenoxy) is 1. The van der Waals surface area contributed by atoms with Crippen molar-refractivity contribution in [1.29, 1.82) is 5.26 Å². The molecule has 0 aliphatic carbocycles. The molecular weight excluding hydrogens is 654 g/mol. The zero-order valence-electron chi connectivity index (χ0n) is 30.2. The first-order valence-electron chi connectivity index (χ1n) is 18.1. The Morgan fingerprint density at radius 1 is 0.923 bits per heavy atom. The van der Waals surface area contributed by atoms with Crippen molar-refractivity contribution in [3.63, 3.8) is 0 Å². The van der Waals surface area contributed by atoms with E-state index in [2.05, 4.69) is 28.3 Å². The van der Waals surface area contributed by atoms with Gasteiger partial charge in [-0.1, -0.05) is 81.1 Å². The number of unbranched alkanes of at least 4 members (excludes halogenated alkanes) is 4. The lowest BCUT2D eigenvalue weighted by Gasteiger charge is -2.25. The maximum absolute atomic E-state index is 13.7. The van der Waals surface area contributed by atoms with Gasteiger partial charge in [0.25, 0.3) is 5.91 Å². The van der Waals surface area contributed by atoms with Crippen LogP contribution in [0.15, 0.2) is 85.2 Å². The summed E-state index contributed by atoms with van der Waals surface area (Å²) in [4.78, 5) is 49.4. The van der Waals surface area contributed by atoms with Crippen molar-refractivity contribution in [3.8, 4) is 34.3 Å². The highest BCUT2D eigenvalue weighted by molar-refractivity contribution is 5.97. The fourth-order valence-electron chi connectivity index (χ4n) is 6.22. The molecule has 3 aromatic carbocycles. The van der Waals surface area contributed by atoms with Crippen molar-refractivity contribution in [2.45, 2.75) is 77.2 Å². The molecule has 2 heterocycles. The Kier molecular flexibility index (Phi) is 12.7. The minimum absolute atomic E-state index is 0.0991. The topological polar surface area (TPSA) is 146 Å². The average Bonchev–Trinajstić information content (AvgIpc) is 3.67. The van der Waals surface area contributed by atoms with Crippen LogP contribution in [0, 0.1) is 17.2 Å². The summed E-state index contributed by atoms with van der Waals surface area (Å²) in [6.45, 7) is 6.94. The fourth-order valence-corrected chi connectivity index (χ4v) is 6.22. The lowest BCUT2D eigenvalue weighted by molar-refractivity contribution is -0.141. The maximum atomic E-state index is 13.7. The third kappa shape index (κ3) is 9.81. The van der Waals surface area contributed by atoms with E-state index in [0.717, 1.165) is 46.6 Å². The number of carboxylic acids is 1. The predicted octanol–water partition coefficient (Wildman–Crippen LogP) is 7.24. The van der Waals surface area contributed by atoms with E-state index >= 15 is 0 Å². The summed E-state index contributed by atoms with van der Waals surface area (Å²) >= 11 is 0. The first-order chi connectivity index (χ1) is 25.1. The molecule has 1 fully saturated rings. The first-order valence-corrected chi connectivity index (χ1v) is 18.1. The van der Waals surface area contributed by atoms with Crippen LogP contribution in [-0.2, 0) is 21.4 Å². The van der Waals surface area contributed by atoms with E-state index < -0.39 is 29.3 Å². The standard InChI is InChI=1S/C42H47N5O5/c1-4-5-6-7-8-23-52-36-19-15-30(16-20-36)34-25-44-38(45-26-34)31-11-9-29(10-12-31)24-37(40(49)47-22-21-33(27-47)41(50)51)46-39(48)32-13-17-35(18-14-32)42(2,3)28-43/h9-20,25-26,33,37H,4-8,21-24,27H2,1-3H3,(H,46,48)(H,50,51)/t33-,37-/m0/s1. The number of nitriles is 1. The lowest BCUT2D eigenvalue weighted by atomic mass is 9.86. The molecule has 1 aromatic heterocycles. The fraction of sp³-hybridized carbons (Fsp3) is 0.381. The Bertz CT molecular complexity index is 1850. The number of carbonyl (C=O) groups is 3. The minimum atomic E-state index is -0.937. The molecule has 1 aliphatic heterocycles. The van der Waals surface area contributed by atoms with Crippen molar-refractivity contribution in [2.75, 3.05) is 19.7 Å². The summed E-state index contributed by atoms with van der Waals surface area (Å²) in [7, 11) is 0. The Hall–Kier alpha value is -5.56. The molecule has 0 spiro atoms. The number of likely N-dealkylation sites (tertiary alicyclic amines) is 1. The number of benzene rings is 3. The molecule has 0 saturated carbocycles. The van der Waals surface area contributed by atoms with Gasteiger partial charge < -0.3 is 20.1 Å². The number of aromatic nitrogens is 2. The second-order valence-corrected chi connectivity index (χ2v) is 13.9. The first kappa shape index (κ1) is 37.7. The number of carboxylic acid groups (broad SMARTS) is 1. The van der Waals surface area contributed by atoms with E-state index in [9.17, 15) is 24.8 Å².